The Morgan fingerprint density at radius 3 is 2.48 bits per heavy atom. The second-order valence-electron chi connectivity index (χ2n) is 12.7. The van der Waals surface area contributed by atoms with Crippen molar-refractivity contribution in [2.45, 2.75) is 63.5 Å². The number of Topliss-reactive ketones (excluding diaryl/α,β-unsaturated/α-hetero) is 1. The molecular formula is C31H38BrClN4O3. The van der Waals surface area contributed by atoms with Crippen molar-refractivity contribution in [2.24, 2.45) is 5.41 Å². The Hall–Kier alpha value is -2.26. The zero-order valence-electron chi connectivity index (χ0n) is 23.6. The summed E-state index contributed by atoms with van der Waals surface area (Å²) in [5.74, 6) is -0.622. The number of piperazine rings is 1. The predicted octanol–water partition coefficient (Wildman–Crippen LogP) is 4.98. The average Bonchev–Trinajstić information content (AvgIpc) is 3.36. The highest BCUT2D eigenvalue weighted by atomic mass is 79.9. The summed E-state index contributed by atoms with van der Waals surface area (Å²) in [6.07, 6.45) is 0.971. The molecule has 2 amide bonds. The summed E-state index contributed by atoms with van der Waals surface area (Å²) >= 11 is 9.94. The monoisotopic (exact) mass is 628 g/mol. The molecule has 2 fully saturated rings. The number of nitrogens with zero attached hydrogens (tertiary/aromatic N) is 2. The van der Waals surface area contributed by atoms with Crippen molar-refractivity contribution < 1.29 is 14.4 Å². The minimum atomic E-state index is -1.02. The molecule has 2 saturated heterocycles. The van der Waals surface area contributed by atoms with E-state index < -0.39 is 17.4 Å². The maximum atomic E-state index is 14.2. The number of nitrogens with one attached hydrogen (secondary N) is 2. The second-order valence-corrected chi connectivity index (χ2v) is 14.0. The maximum absolute atomic E-state index is 14.2. The lowest BCUT2D eigenvalue weighted by molar-refractivity contribution is -0.135. The molecule has 1 spiro atoms. The lowest BCUT2D eigenvalue weighted by atomic mass is 9.62. The lowest BCUT2D eigenvalue weighted by Gasteiger charge is -2.37. The van der Waals surface area contributed by atoms with Gasteiger partial charge in [-0.2, -0.15) is 0 Å². The fourth-order valence-electron chi connectivity index (χ4n) is 6.77. The molecule has 0 saturated carbocycles. The minimum Gasteiger partial charge on any atom is -0.340 e. The first-order valence-corrected chi connectivity index (χ1v) is 15.2. The molecule has 214 valence electrons. The van der Waals surface area contributed by atoms with Crippen LogP contribution in [-0.2, 0) is 19.8 Å². The van der Waals surface area contributed by atoms with Crippen molar-refractivity contribution in [3.63, 3.8) is 0 Å². The molecule has 0 unspecified atom stereocenters. The van der Waals surface area contributed by atoms with E-state index in [1.54, 1.807) is 6.07 Å². The Morgan fingerprint density at radius 2 is 1.80 bits per heavy atom. The van der Waals surface area contributed by atoms with Gasteiger partial charge < -0.3 is 20.4 Å². The highest BCUT2D eigenvalue weighted by Gasteiger charge is 2.65. The number of benzene rings is 2. The van der Waals surface area contributed by atoms with Gasteiger partial charge in [-0.3, -0.25) is 14.4 Å². The quantitative estimate of drug-likeness (QED) is 0.472. The molecule has 3 heterocycles. The molecule has 0 radical (unpaired) electrons. The first kappa shape index (κ1) is 29.2. The molecular weight excluding hydrogens is 592 g/mol. The van der Waals surface area contributed by atoms with E-state index in [9.17, 15) is 14.4 Å². The zero-order chi connectivity index (χ0) is 28.8. The van der Waals surface area contributed by atoms with E-state index in [4.69, 9.17) is 11.6 Å². The van der Waals surface area contributed by atoms with Crippen molar-refractivity contribution >= 4 is 50.8 Å². The normalized spacial score (nSPS) is 26.7. The smallest absolute Gasteiger partial charge is 0.237 e. The summed E-state index contributed by atoms with van der Waals surface area (Å²) in [6.45, 7) is 9.49. The standard InChI is InChI=1S/C31H38BrClN4O3/c1-30(2,3)18-25-31(22-9-8-21(33)17-23(22)34-29(31)40)27(19-6-5-7-20(32)16-19)28(35-25)24(38)10-11-26(39)37-14-12-36(4)13-15-37/h5-9,16-17,25,27-28,35H,10-15,18H2,1-4H3,(H,34,40)/t25-,27+,28+,31+/m1/s1. The van der Waals surface area contributed by atoms with Gasteiger partial charge in [0.25, 0.3) is 0 Å². The third-order valence-corrected chi connectivity index (χ3v) is 9.35. The van der Waals surface area contributed by atoms with Gasteiger partial charge in [-0.15, -0.1) is 0 Å². The van der Waals surface area contributed by atoms with Crippen LogP contribution < -0.4 is 10.6 Å². The molecule has 2 aromatic rings. The van der Waals surface area contributed by atoms with E-state index in [0.29, 0.717) is 30.2 Å². The van der Waals surface area contributed by atoms with Gasteiger partial charge in [-0.25, -0.2) is 0 Å². The van der Waals surface area contributed by atoms with Crippen LogP contribution in [0, 0.1) is 5.41 Å². The number of carbonyl (C=O) groups excluding carboxylic acids is 3. The molecule has 5 rings (SSSR count). The van der Waals surface area contributed by atoms with E-state index in [2.05, 4.69) is 52.2 Å². The number of hydrogen-bond acceptors (Lipinski definition) is 5. The summed E-state index contributed by atoms with van der Waals surface area (Å²) in [7, 11) is 2.05. The molecule has 0 aromatic heterocycles. The van der Waals surface area contributed by atoms with Crippen LogP contribution in [0.2, 0.25) is 5.02 Å². The van der Waals surface area contributed by atoms with Crippen LogP contribution in [0.1, 0.15) is 57.1 Å². The Labute approximate surface area is 250 Å². The van der Waals surface area contributed by atoms with Crippen molar-refractivity contribution in [1.29, 1.82) is 0 Å². The Kier molecular flexibility index (Phi) is 8.18. The number of halogens is 2. The van der Waals surface area contributed by atoms with Crippen molar-refractivity contribution in [3.05, 3.63) is 63.1 Å². The number of likely N-dealkylation sites (N-methyl/N-ethyl adjacent to an activating group) is 1. The summed E-state index contributed by atoms with van der Waals surface area (Å²) in [5, 5.41) is 7.30. The Morgan fingerprint density at radius 1 is 1.07 bits per heavy atom. The van der Waals surface area contributed by atoms with E-state index in [1.165, 1.54) is 0 Å². The predicted molar refractivity (Wildman–Crippen MR) is 162 cm³/mol. The molecule has 9 heteroatoms. The number of ketones is 1. The van der Waals surface area contributed by atoms with Gasteiger partial charge in [0, 0.05) is 66.2 Å². The van der Waals surface area contributed by atoms with Gasteiger partial charge in [0.15, 0.2) is 5.78 Å². The lowest BCUT2D eigenvalue weighted by Crippen LogP contribution is -2.49. The number of anilines is 1. The van der Waals surface area contributed by atoms with Crippen LogP contribution >= 0.6 is 27.5 Å². The first-order chi connectivity index (χ1) is 18.9. The maximum Gasteiger partial charge on any atom is 0.237 e. The van der Waals surface area contributed by atoms with Crippen LogP contribution in [0.4, 0.5) is 5.69 Å². The van der Waals surface area contributed by atoms with Crippen LogP contribution in [0.5, 0.6) is 0 Å². The second kappa shape index (κ2) is 11.2. The van der Waals surface area contributed by atoms with Gasteiger partial charge in [-0.1, -0.05) is 66.5 Å². The number of hydrogen-bond donors (Lipinski definition) is 2. The minimum absolute atomic E-state index is 0.0120. The molecule has 0 bridgehead atoms. The van der Waals surface area contributed by atoms with Gasteiger partial charge in [-0.05, 0) is 54.3 Å². The molecule has 7 nitrogen and oxygen atoms in total. The number of rotatable bonds is 6. The SMILES string of the molecule is CN1CCN(C(=O)CCC(=O)[C@@H]2N[C@H](CC(C)(C)C)[C@]3(C(=O)Nc4cc(Cl)ccc43)[C@H]2c2cccc(Br)c2)CC1. The van der Waals surface area contributed by atoms with Gasteiger partial charge in [0.05, 0.1) is 6.04 Å². The summed E-state index contributed by atoms with van der Waals surface area (Å²) in [6, 6.07) is 12.5. The van der Waals surface area contributed by atoms with E-state index in [-0.39, 0.29) is 41.9 Å². The van der Waals surface area contributed by atoms with Gasteiger partial charge >= 0.3 is 0 Å². The van der Waals surface area contributed by atoms with E-state index >= 15 is 0 Å². The van der Waals surface area contributed by atoms with E-state index in [0.717, 1.165) is 28.7 Å². The molecule has 0 aliphatic carbocycles. The molecule has 2 N–H and O–H groups in total. The van der Waals surface area contributed by atoms with Gasteiger partial charge in [0.1, 0.15) is 5.41 Å². The van der Waals surface area contributed by atoms with Crippen LogP contribution in [-0.4, -0.2) is 72.7 Å². The topological polar surface area (TPSA) is 81.8 Å². The third kappa shape index (κ3) is 5.48. The third-order valence-electron chi connectivity index (χ3n) is 8.62. The highest BCUT2D eigenvalue weighted by molar-refractivity contribution is 9.10. The number of carbonyl (C=O) groups is 3. The molecule has 2 aromatic carbocycles. The Balaban J connectivity index is 1.54. The van der Waals surface area contributed by atoms with E-state index in [1.807, 2.05) is 48.3 Å². The van der Waals surface area contributed by atoms with Crippen molar-refractivity contribution in [3.8, 4) is 0 Å². The molecule has 40 heavy (non-hydrogen) atoms. The van der Waals surface area contributed by atoms with Crippen LogP contribution in [0.25, 0.3) is 0 Å². The zero-order valence-corrected chi connectivity index (χ0v) is 25.9. The fraction of sp³-hybridized carbons (Fsp3) is 0.516. The largest absolute Gasteiger partial charge is 0.340 e. The van der Waals surface area contributed by atoms with Crippen molar-refractivity contribution in [2.75, 3.05) is 38.5 Å². The highest BCUT2D eigenvalue weighted by Crippen LogP contribution is 2.57. The van der Waals surface area contributed by atoms with Crippen LogP contribution in [0.15, 0.2) is 46.9 Å². The van der Waals surface area contributed by atoms with Crippen LogP contribution in [0.3, 0.4) is 0 Å². The number of amides is 2. The average molecular weight is 630 g/mol. The molecule has 4 atom stereocenters. The van der Waals surface area contributed by atoms with Gasteiger partial charge in [0.2, 0.25) is 11.8 Å². The summed E-state index contributed by atoms with van der Waals surface area (Å²) < 4.78 is 0.880. The molecule has 3 aliphatic heterocycles. The Bertz CT molecular complexity index is 1320. The first-order valence-electron chi connectivity index (χ1n) is 14.0. The summed E-state index contributed by atoms with van der Waals surface area (Å²) in [5.41, 5.74) is 1.32. The van der Waals surface area contributed by atoms with Crippen molar-refractivity contribution in [1.82, 2.24) is 15.1 Å². The number of fused-ring (bicyclic) bond motifs is 2. The fourth-order valence-corrected chi connectivity index (χ4v) is 7.36. The molecule has 3 aliphatic rings. The summed E-state index contributed by atoms with van der Waals surface area (Å²) in [4.78, 5) is 45.4.